The van der Waals surface area contributed by atoms with E-state index in [4.69, 9.17) is 16.3 Å². The van der Waals surface area contributed by atoms with Crippen molar-refractivity contribution in [3.63, 3.8) is 0 Å². The van der Waals surface area contributed by atoms with Crippen LogP contribution < -0.4 is 10.0 Å². The number of nitrogens with one attached hydrogen (secondary N) is 2. The fourth-order valence-electron chi connectivity index (χ4n) is 2.68. The molecule has 1 aliphatic rings. The number of carbonyl (C=O) groups excluding carboxylic acids is 1. The van der Waals surface area contributed by atoms with Gasteiger partial charge in [0.25, 0.3) is 0 Å². The predicted molar refractivity (Wildman–Crippen MR) is 97.1 cm³/mol. The molecule has 0 aromatic heterocycles. The summed E-state index contributed by atoms with van der Waals surface area (Å²) < 4.78 is 31.2. The van der Waals surface area contributed by atoms with Crippen LogP contribution in [0.15, 0.2) is 24.3 Å². The predicted octanol–water partition coefficient (Wildman–Crippen LogP) is 0.769. The number of sulfonamides is 1. The average molecular weight is 390 g/mol. The molecule has 1 aromatic carbocycles. The van der Waals surface area contributed by atoms with E-state index in [2.05, 4.69) is 10.0 Å². The van der Waals surface area contributed by atoms with Crippen molar-refractivity contribution in [2.24, 2.45) is 0 Å². The van der Waals surface area contributed by atoms with Crippen molar-refractivity contribution in [2.45, 2.75) is 13.0 Å². The van der Waals surface area contributed by atoms with Crippen molar-refractivity contribution in [1.29, 1.82) is 0 Å². The van der Waals surface area contributed by atoms with E-state index in [1.165, 1.54) is 0 Å². The van der Waals surface area contributed by atoms with Gasteiger partial charge in [0, 0.05) is 31.3 Å². The molecule has 25 heavy (non-hydrogen) atoms. The Kier molecular flexibility index (Phi) is 7.64. The summed E-state index contributed by atoms with van der Waals surface area (Å²) in [5, 5.41) is 3.83. The summed E-state index contributed by atoms with van der Waals surface area (Å²) in [5.41, 5.74) is 0.851. The molecule has 1 unspecified atom stereocenters. The van der Waals surface area contributed by atoms with Crippen molar-refractivity contribution < 1.29 is 17.9 Å². The molecule has 0 bridgehead atoms. The zero-order valence-electron chi connectivity index (χ0n) is 14.2. The molecule has 2 rings (SSSR count). The van der Waals surface area contributed by atoms with E-state index < -0.39 is 10.0 Å². The van der Waals surface area contributed by atoms with Gasteiger partial charge in [-0.1, -0.05) is 29.8 Å². The first kappa shape index (κ1) is 20.1. The molecule has 0 spiro atoms. The first-order chi connectivity index (χ1) is 11.9. The Morgan fingerprint density at radius 3 is 2.92 bits per heavy atom. The van der Waals surface area contributed by atoms with E-state index in [9.17, 15) is 13.2 Å². The minimum absolute atomic E-state index is 0.107. The van der Waals surface area contributed by atoms with Crippen LogP contribution in [-0.4, -0.2) is 64.4 Å². The van der Waals surface area contributed by atoms with Gasteiger partial charge < -0.3 is 15.0 Å². The molecule has 0 aliphatic carbocycles. The molecule has 1 fully saturated rings. The van der Waals surface area contributed by atoms with Gasteiger partial charge in [-0.2, -0.15) is 0 Å². The van der Waals surface area contributed by atoms with Crippen molar-refractivity contribution in [3.8, 4) is 0 Å². The zero-order chi connectivity index (χ0) is 18.3. The molecular formula is C16H24ClN3O4S. The number of carbonyl (C=O) groups is 1. The van der Waals surface area contributed by atoms with Gasteiger partial charge in [0.1, 0.15) is 0 Å². The second-order valence-corrected chi connectivity index (χ2v) is 8.00. The lowest BCUT2D eigenvalue weighted by molar-refractivity contribution is -0.133. The Labute approximate surface area is 153 Å². The van der Waals surface area contributed by atoms with Crippen molar-refractivity contribution >= 4 is 27.5 Å². The number of ether oxygens (including phenoxy) is 1. The smallest absolute Gasteiger partial charge is 0.238 e. The Balaban J connectivity index is 2.00. The van der Waals surface area contributed by atoms with Gasteiger partial charge in [0.05, 0.1) is 24.9 Å². The molecule has 1 atom stereocenters. The number of hydrogen-bond acceptors (Lipinski definition) is 5. The second kappa shape index (κ2) is 9.49. The third kappa shape index (κ3) is 5.93. The van der Waals surface area contributed by atoms with Gasteiger partial charge in [-0.25, -0.2) is 13.1 Å². The molecule has 1 saturated heterocycles. The largest absolute Gasteiger partial charge is 0.381 e. The Hall–Kier alpha value is -1.19. The fourth-order valence-corrected chi connectivity index (χ4v) is 3.77. The number of amides is 1. The van der Waals surface area contributed by atoms with E-state index in [0.717, 1.165) is 5.56 Å². The summed E-state index contributed by atoms with van der Waals surface area (Å²) in [6, 6.07) is 7.15. The summed E-state index contributed by atoms with van der Waals surface area (Å²) in [6.07, 6.45) is 0. The van der Waals surface area contributed by atoms with Crippen LogP contribution in [0.3, 0.4) is 0 Å². The first-order valence-electron chi connectivity index (χ1n) is 8.24. The number of benzene rings is 1. The lowest BCUT2D eigenvalue weighted by Crippen LogP contribution is -2.51. The maximum Gasteiger partial charge on any atom is 0.238 e. The van der Waals surface area contributed by atoms with Gasteiger partial charge in [-0.15, -0.1) is 0 Å². The monoisotopic (exact) mass is 389 g/mol. The number of piperazine rings is 1. The highest BCUT2D eigenvalue weighted by atomic mass is 35.5. The van der Waals surface area contributed by atoms with Crippen LogP contribution in [0.25, 0.3) is 0 Å². The quantitative estimate of drug-likeness (QED) is 0.641. The van der Waals surface area contributed by atoms with Gasteiger partial charge in [0.2, 0.25) is 15.9 Å². The maximum absolute atomic E-state index is 12.6. The lowest BCUT2D eigenvalue weighted by Gasteiger charge is -2.37. The minimum atomic E-state index is -3.54. The lowest BCUT2D eigenvalue weighted by atomic mass is 10.0. The van der Waals surface area contributed by atoms with Crippen LogP contribution in [0.4, 0.5) is 0 Å². The highest BCUT2D eigenvalue weighted by Gasteiger charge is 2.29. The van der Waals surface area contributed by atoms with Crippen LogP contribution in [0.5, 0.6) is 0 Å². The Bertz CT molecular complexity index is 684. The van der Waals surface area contributed by atoms with E-state index >= 15 is 0 Å². The standard InChI is InChI=1S/C16H24ClN3O4S/c1-2-24-9-10-25(22,23)19-12-16(21)20-8-7-18-11-15(20)13-5-3-4-6-14(13)17/h3-6,15,18-19H,2,7-12H2,1H3. The van der Waals surface area contributed by atoms with Gasteiger partial charge in [0.15, 0.2) is 0 Å². The third-order valence-electron chi connectivity index (χ3n) is 3.97. The average Bonchev–Trinajstić information content (AvgIpc) is 2.60. The normalized spacial score (nSPS) is 18.3. The van der Waals surface area contributed by atoms with Gasteiger partial charge in [-0.3, -0.25) is 4.79 Å². The van der Waals surface area contributed by atoms with Crippen LogP contribution in [0.1, 0.15) is 18.5 Å². The van der Waals surface area contributed by atoms with E-state index in [-0.39, 0.29) is 30.9 Å². The molecule has 1 heterocycles. The molecule has 0 saturated carbocycles. The van der Waals surface area contributed by atoms with Crippen molar-refractivity contribution in [2.75, 3.05) is 45.1 Å². The van der Waals surface area contributed by atoms with Crippen LogP contribution in [0, 0.1) is 0 Å². The minimum Gasteiger partial charge on any atom is -0.381 e. The highest BCUT2D eigenvalue weighted by molar-refractivity contribution is 7.89. The summed E-state index contributed by atoms with van der Waals surface area (Å²) in [5.74, 6) is -0.435. The van der Waals surface area contributed by atoms with Crippen LogP contribution >= 0.6 is 11.6 Å². The third-order valence-corrected chi connectivity index (χ3v) is 5.60. The molecule has 1 aliphatic heterocycles. The molecule has 9 heteroatoms. The number of hydrogen-bond donors (Lipinski definition) is 2. The zero-order valence-corrected chi connectivity index (χ0v) is 15.8. The van der Waals surface area contributed by atoms with E-state index in [0.29, 0.717) is 31.3 Å². The molecular weight excluding hydrogens is 366 g/mol. The maximum atomic E-state index is 12.6. The Morgan fingerprint density at radius 1 is 1.44 bits per heavy atom. The van der Waals surface area contributed by atoms with Crippen LogP contribution in [0.2, 0.25) is 5.02 Å². The fraction of sp³-hybridized carbons (Fsp3) is 0.562. The molecule has 1 aromatic rings. The summed E-state index contributed by atoms with van der Waals surface area (Å²) >= 11 is 6.26. The highest BCUT2D eigenvalue weighted by Crippen LogP contribution is 2.28. The molecule has 0 radical (unpaired) electrons. The number of rotatable bonds is 8. The Morgan fingerprint density at radius 2 is 2.20 bits per heavy atom. The second-order valence-electron chi connectivity index (χ2n) is 5.67. The van der Waals surface area contributed by atoms with Gasteiger partial charge in [-0.05, 0) is 18.6 Å². The van der Waals surface area contributed by atoms with Crippen LogP contribution in [-0.2, 0) is 19.6 Å². The summed E-state index contributed by atoms with van der Waals surface area (Å²) in [4.78, 5) is 14.2. The topological polar surface area (TPSA) is 87.7 Å². The van der Waals surface area contributed by atoms with E-state index in [1.807, 2.05) is 18.2 Å². The molecule has 1 amide bonds. The summed E-state index contributed by atoms with van der Waals surface area (Å²) in [7, 11) is -3.54. The number of halogens is 1. The molecule has 7 nitrogen and oxygen atoms in total. The summed E-state index contributed by atoms with van der Waals surface area (Å²) in [6.45, 7) is 3.81. The van der Waals surface area contributed by atoms with E-state index in [1.54, 1.807) is 17.9 Å². The van der Waals surface area contributed by atoms with Crippen molar-refractivity contribution in [3.05, 3.63) is 34.9 Å². The van der Waals surface area contributed by atoms with Gasteiger partial charge >= 0.3 is 0 Å². The first-order valence-corrected chi connectivity index (χ1v) is 10.3. The SMILES string of the molecule is CCOCCS(=O)(=O)NCC(=O)N1CCNCC1c1ccccc1Cl. The molecule has 2 N–H and O–H groups in total. The molecule has 140 valence electrons. The number of nitrogens with zero attached hydrogens (tertiary/aromatic N) is 1. The van der Waals surface area contributed by atoms with Crippen molar-refractivity contribution in [1.82, 2.24) is 14.9 Å².